The van der Waals surface area contributed by atoms with E-state index in [0.717, 1.165) is 16.7 Å². The highest BCUT2D eigenvalue weighted by Crippen LogP contribution is 2.32. The van der Waals surface area contributed by atoms with Crippen molar-refractivity contribution >= 4 is 11.9 Å². The Kier molecular flexibility index (Phi) is 2.88. The largest absolute Gasteiger partial charge is 0.481 e. The lowest BCUT2D eigenvalue weighted by atomic mass is 9.90. The molecule has 2 atom stereocenters. The van der Waals surface area contributed by atoms with Gasteiger partial charge in [-0.2, -0.15) is 0 Å². The molecular weight excluding hydrogens is 218 g/mol. The van der Waals surface area contributed by atoms with Crippen molar-refractivity contribution in [1.82, 2.24) is 5.32 Å². The average molecular weight is 233 g/mol. The number of carboxylic acids is 1. The molecule has 4 heteroatoms. The number of amides is 1. The van der Waals surface area contributed by atoms with Crippen LogP contribution in [-0.4, -0.2) is 17.0 Å². The van der Waals surface area contributed by atoms with Gasteiger partial charge in [-0.05, 0) is 25.0 Å². The average Bonchev–Trinajstić information content (AvgIpc) is 2.64. The second-order valence-corrected chi connectivity index (χ2v) is 4.55. The number of benzene rings is 1. The molecule has 0 bridgehead atoms. The van der Waals surface area contributed by atoms with Crippen LogP contribution in [0, 0.1) is 19.8 Å². The van der Waals surface area contributed by atoms with Gasteiger partial charge in [0.05, 0.1) is 12.0 Å². The zero-order chi connectivity index (χ0) is 12.6. The lowest BCUT2D eigenvalue weighted by molar-refractivity contribution is -0.142. The van der Waals surface area contributed by atoms with Gasteiger partial charge in [0.25, 0.3) is 0 Å². The van der Waals surface area contributed by atoms with Crippen molar-refractivity contribution in [3.05, 3.63) is 34.9 Å². The first-order valence-electron chi connectivity index (χ1n) is 5.58. The topological polar surface area (TPSA) is 66.4 Å². The molecule has 0 aromatic heterocycles. The van der Waals surface area contributed by atoms with Gasteiger partial charge in [-0.3, -0.25) is 9.59 Å². The SMILES string of the molecule is Cc1ccc(C)c([C@H]2NC(=O)C[C@@H]2C(=O)O)c1. The molecule has 0 unspecified atom stereocenters. The van der Waals surface area contributed by atoms with E-state index in [1.165, 1.54) is 0 Å². The molecule has 0 spiro atoms. The van der Waals surface area contributed by atoms with Gasteiger partial charge in [0, 0.05) is 6.42 Å². The Hall–Kier alpha value is -1.84. The van der Waals surface area contributed by atoms with Gasteiger partial charge >= 0.3 is 5.97 Å². The van der Waals surface area contributed by atoms with Crippen molar-refractivity contribution in [2.45, 2.75) is 26.3 Å². The highest BCUT2D eigenvalue weighted by atomic mass is 16.4. The number of carbonyl (C=O) groups excluding carboxylic acids is 1. The Morgan fingerprint density at radius 2 is 2.12 bits per heavy atom. The van der Waals surface area contributed by atoms with Crippen LogP contribution in [0.2, 0.25) is 0 Å². The molecule has 1 fully saturated rings. The summed E-state index contributed by atoms with van der Waals surface area (Å²) in [5.41, 5.74) is 2.98. The van der Waals surface area contributed by atoms with E-state index in [0.29, 0.717) is 0 Å². The van der Waals surface area contributed by atoms with Gasteiger partial charge in [-0.25, -0.2) is 0 Å². The molecule has 1 aromatic carbocycles. The Labute approximate surface area is 99.6 Å². The minimum atomic E-state index is -0.922. The second kappa shape index (κ2) is 4.20. The van der Waals surface area contributed by atoms with Crippen LogP contribution >= 0.6 is 0 Å². The number of hydrogen-bond donors (Lipinski definition) is 2. The number of aryl methyl sites for hydroxylation is 2. The Bertz CT molecular complexity index is 482. The van der Waals surface area contributed by atoms with Crippen LogP contribution in [0.3, 0.4) is 0 Å². The Balaban J connectivity index is 2.41. The van der Waals surface area contributed by atoms with Crippen molar-refractivity contribution in [2.75, 3.05) is 0 Å². The molecular formula is C13H15NO3. The molecule has 1 aromatic rings. The molecule has 2 rings (SSSR count). The highest BCUT2D eigenvalue weighted by Gasteiger charge is 2.38. The third-order valence-electron chi connectivity index (χ3n) is 3.21. The monoisotopic (exact) mass is 233 g/mol. The summed E-state index contributed by atoms with van der Waals surface area (Å²) in [6.45, 7) is 3.88. The summed E-state index contributed by atoms with van der Waals surface area (Å²) in [5, 5.41) is 11.9. The number of aliphatic carboxylic acids is 1. The number of carboxylic acid groups (broad SMARTS) is 1. The van der Waals surface area contributed by atoms with Crippen molar-refractivity contribution < 1.29 is 14.7 Å². The normalized spacial score (nSPS) is 23.5. The van der Waals surface area contributed by atoms with Crippen LogP contribution < -0.4 is 5.32 Å². The first-order valence-corrected chi connectivity index (χ1v) is 5.58. The summed E-state index contributed by atoms with van der Waals surface area (Å²) in [4.78, 5) is 22.5. The fourth-order valence-corrected chi connectivity index (χ4v) is 2.27. The van der Waals surface area contributed by atoms with Gasteiger partial charge in [-0.15, -0.1) is 0 Å². The maximum Gasteiger partial charge on any atom is 0.309 e. The predicted molar refractivity (Wildman–Crippen MR) is 62.5 cm³/mol. The molecule has 2 N–H and O–H groups in total. The van der Waals surface area contributed by atoms with Crippen LogP contribution in [0.5, 0.6) is 0 Å². The lowest BCUT2D eigenvalue weighted by Crippen LogP contribution is -2.25. The van der Waals surface area contributed by atoms with Crippen molar-refractivity contribution in [1.29, 1.82) is 0 Å². The zero-order valence-corrected chi connectivity index (χ0v) is 9.86. The minimum Gasteiger partial charge on any atom is -0.481 e. The van der Waals surface area contributed by atoms with Crippen molar-refractivity contribution in [3.63, 3.8) is 0 Å². The van der Waals surface area contributed by atoms with Gasteiger partial charge < -0.3 is 10.4 Å². The fraction of sp³-hybridized carbons (Fsp3) is 0.385. The maximum absolute atomic E-state index is 11.4. The smallest absolute Gasteiger partial charge is 0.309 e. The first kappa shape index (κ1) is 11.6. The molecule has 1 saturated heterocycles. The molecule has 17 heavy (non-hydrogen) atoms. The molecule has 0 radical (unpaired) electrons. The quantitative estimate of drug-likeness (QED) is 0.814. The van der Waals surface area contributed by atoms with Crippen LogP contribution in [0.1, 0.15) is 29.2 Å². The number of carbonyl (C=O) groups is 2. The molecule has 1 amide bonds. The van der Waals surface area contributed by atoms with Crippen LogP contribution in [0.25, 0.3) is 0 Å². The molecule has 0 aliphatic carbocycles. The first-order chi connectivity index (χ1) is 7.99. The van der Waals surface area contributed by atoms with Crippen LogP contribution in [-0.2, 0) is 9.59 Å². The molecule has 1 aliphatic rings. The molecule has 1 heterocycles. The van der Waals surface area contributed by atoms with Gasteiger partial charge in [0.15, 0.2) is 0 Å². The summed E-state index contributed by atoms with van der Waals surface area (Å²) >= 11 is 0. The van der Waals surface area contributed by atoms with Crippen molar-refractivity contribution in [3.8, 4) is 0 Å². The van der Waals surface area contributed by atoms with E-state index in [9.17, 15) is 9.59 Å². The summed E-state index contributed by atoms with van der Waals surface area (Å²) in [5.74, 6) is -1.78. The van der Waals surface area contributed by atoms with E-state index in [1.807, 2.05) is 32.0 Å². The maximum atomic E-state index is 11.4. The van der Waals surface area contributed by atoms with Gasteiger partial charge in [-0.1, -0.05) is 23.8 Å². The molecule has 4 nitrogen and oxygen atoms in total. The third-order valence-corrected chi connectivity index (χ3v) is 3.21. The summed E-state index contributed by atoms with van der Waals surface area (Å²) in [7, 11) is 0. The number of rotatable bonds is 2. The molecule has 1 aliphatic heterocycles. The van der Waals surface area contributed by atoms with E-state index in [1.54, 1.807) is 0 Å². The summed E-state index contributed by atoms with van der Waals surface area (Å²) in [6.07, 6.45) is 0.0629. The standard InChI is InChI=1S/C13H15NO3/c1-7-3-4-8(2)9(5-7)12-10(13(16)17)6-11(15)14-12/h3-5,10,12H,6H2,1-2H3,(H,14,15)(H,16,17)/t10-,12+/m0/s1. The fourth-order valence-electron chi connectivity index (χ4n) is 2.27. The number of nitrogens with one attached hydrogen (secondary N) is 1. The van der Waals surface area contributed by atoms with E-state index in [-0.39, 0.29) is 12.3 Å². The van der Waals surface area contributed by atoms with Crippen LogP contribution in [0.4, 0.5) is 0 Å². The van der Waals surface area contributed by atoms with E-state index >= 15 is 0 Å². The van der Waals surface area contributed by atoms with E-state index in [4.69, 9.17) is 5.11 Å². The predicted octanol–water partition coefficient (Wildman–Crippen LogP) is 1.57. The van der Waals surface area contributed by atoms with E-state index in [2.05, 4.69) is 5.32 Å². The van der Waals surface area contributed by atoms with Crippen molar-refractivity contribution in [2.24, 2.45) is 5.92 Å². The van der Waals surface area contributed by atoms with E-state index < -0.39 is 17.9 Å². The summed E-state index contributed by atoms with van der Waals surface area (Å²) in [6, 6.07) is 5.47. The summed E-state index contributed by atoms with van der Waals surface area (Å²) < 4.78 is 0. The molecule has 0 saturated carbocycles. The zero-order valence-electron chi connectivity index (χ0n) is 9.86. The van der Waals surface area contributed by atoms with Gasteiger partial charge in [0.1, 0.15) is 0 Å². The highest BCUT2D eigenvalue weighted by molar-refractivity contribution is 5.87. The second-order valence-electron chi connectivity index (χ2n) is 4.55. The minimum absolute atomic E-state index is 0.0629. The van der Waals surface area contributed by atoms with Gasteiger partial charge in [0.2, 0.25) is 5.91 Å². The molecule has 90 valence electrons. The Morgan fingerprint density at radius 1 is 1.41 bits per heavy atom. The third kappa shape index (κ3) is 2.16. The van der Waals surface area contributed by atoms with Crippen LogP contribution in [0.15, 0.2) is 18.2 Å². The number of hydrogen-bond acceptors (Lipinski definition) is 2. The Morgan fingerprint density at radius 3 is 2.76 bits per heavy atom. The lowest BCUT2D eigenvalue weighted by Gasteiger charge is -2.18.